The highest BCUT2D eigenvalue weighted by atomic mass is 79.9. The third-order valence-corrected chi connectivity index (χ3v) is 4.33. The predicted octanol–water partition coefficient (Wildman–Crippen LogP) is 4.71. The number of carbonyl (C=O) groups is 2. The topological polar surface area (TPSA) is 79.5 Å². The van der Waals surface area contributed by atoms with Crippen LogP contribution in [0.3, 0.4) is 0 Å². The van der Waals surface area contributed by atoms with Crippen LogP contribution in [-0.2, 0) is 4.79 Å². The lowest BCUT2D eigenvalue weighted by atomic mass is 10.2. The molecule has 2 amide bonds. The Labute approximate surface area is 178 Å². The molecule has 0 radical (unpaired) electrons. The van der Waals surface area contributed by atoms with Crippen LogP contribution in [0.15, 0.2) is 46.9 Å². The van der Waals surface area contributed by atoms with Crippen LogP contribution in [-0.4, -0.2) is 23.5 Å². The monoisotopic (exact) mass is 463 g/mol. The fourth-order valence-electron chi connectivity index (χ4n) is 2.30. The number of anilines is 2. The van der Waals surface area contributed by atoms with Crippen molar-refractivity contribution in [3.8, 4) is 5.75 Å². The SMILES string of the molecule is CCCCOc1ccc(Br)cc1C(=O)NC(=S)Nc1ccc(NC(C)=O)cc1. The van der Waals surface area contributed by atoms with Crippen LogP contribution in [0.4, 0.5) is 11.4 Å². The number of halogens is 1. The molecule has 0 saturated carbocycles. The van der Waals surface area contributed by atoms with Crippen molar-refractivity contribution in [1.29, 1.82) is 0 Å². The zero-order chi connectivity index (χ0) is 20.5. The van der Waals surface area contributed by atoms with E-state index in [9.17, 15) is 9.59 Å². The molecular formula is C20H22BrN3O3S. The number of nitrogens with one attached hydrogen (secondary N) is 3. The highest BCUT2D eigenvalue weighted by Gasteiger charge is 2.15. The van der Waals surface area contributed by atoms with Crippen molar-refractivity contribution >= 4 is 56.4 Å². The normalized spacial score (nSPS) is 10.1. The van der Waals surface area contributed by atoms with E-state index >= 15 is 0 Å². The van der Waals surface area contributed by atoms with Crippen molar-refractivity contribution in [3.63, 3.8) is 0 Å². The summed E-state index contributed by atoms with van der Waals surface area (Å²) in [6.45, 7) is 4.06. The summed E-state index contributed by atoms with van der Waals surface area (Å²) in [4.78, 5) is 23.7. The van der Waals surface area contributed by atoms with E-state index in [1.807, 2.05) is 6.07 Å². The molecule has 28 heavy (non-hydrogen) atoms. The average Bonchev–Trinajstić information content (AvgIpc) is 2.64. The molecule has 0 heterocycles. The standard InChI is InChI=1S/C20H22BrN3O3S/c1-3-4-11-27-18-10-5-14(21)12-17(18)19(26)24-20(28)23-16-8-6-15(7-9-16)22-13(2)25/h5-10,12H,3-4,11H2,1-2H3,(H,22,25)(H2,23,24,26,28). The zero-order valence-corrected chi connectivity index (χ0v) is 18.1. The molecule has 6 nitrogen and oxygen atoms in total. The maximum atomic E-state index is 12.6. The molecular weight excluding hydrogens is 442 g/mol. The van der Waals surface area contributed by atoms with Crippen LogP contribution in [0.1, 0.15) is 37.0 Å². The summed E-state index contributed by atoms with van der Waals surface area (Å²) in [7, 11) is 0. The Hall–Kier alpha value is -2.45. The van der Waals surface area contributed by atoms with E-state index in [1.54, 1.807) is 36.4 Å². The Kier molecular flexibility index (Phi) is 8.41. The number of hydrogen-bond donors (Lipinski definition) is 3. The minimum absolute atomic E-state index is 0.144. The van der Waals surface area contributed by atoms with Crippen molar-refractivity contribution in [3.05, 3.63) is 52.5 Å². The lowest BCUT2D eigenvalue weighted by Gasteiger charge is -2.13. The van der Waals surface area contributed by atoms with Gasteiger partial charge in [-0.1, -0.05) is 29.3 Å². The quantitative estimate of drug-likeness (QED) is 0.409. The number of hydrogen-bond acceptors (Lipinski definition) is 4. The number of ether oxygens (including phenoxy) is 1. The van der Waals surface area contributed by atoms with Crippen LogP contribution in [0, 0.1) is 0 Å². The van der Waals surface area contributed by atoms with Crippen molar-refractivity contribution in [1.82, 2.24) is 5.32 Å². The fourth-order valence-corrected chi connectivity index (χ4v) is 2.88. The summed E-state index contributed by atoms with van der Waals surface area (Å²) < 4.78 is 6.49. The predicted molar refractivity (Wildman–Crippen MR) is 119 cm³/mol. The van der Waals surface area contributed by atoms with Crippen LogP contribution in [0.2, 0.25) is 0 Å². The van der Waals surface area contributed by atoms with Gasteiger partial charge in [0.05, 0.1) is 12.2 Å². The number of benzene rings is 2. The van der Waals surface area contributed by atoms with Gasteiger partial charge in [-0.05, 0) is 61.1 Å². The van der Waals surface area contributed by atoms with E-state index in [1.165, 1.54) is 6.92 Å². The van der Waals surface area contributed by atoms with Crippen LogP contribution in [0.5, 0.6) is 5.75 Å². The Bertz CT molecular complexity index is 856. The Morgan fingerprint density at radius 3 is 2.32 bits per heavy atom. The van der Waals surface area contributed by atoms with Gasteiger partial charge in [0.15, 0.2) is 5.11 Å². The highest BCUT2D eigenvalue weighted by Crippen LogP contribution is 2.23. The molecule has 2 aromatic carbocycles. The van der Waals surface area contributed by atoms with Gasteiger partial charge in [-0.2, -0.15) is 0 Å². The Morgan fingerprint density at radius 1 is 1.07 bits per heavy atom. The maximum Gasteiger partial charge on any atom is 0.261 e. The van der Waals surface area contributed by atoms with Crippen LogP contribution < -0.4 is 20.7 Å². The number of carbonyl (C=O) groups excluding carboxylic acids is 2. The second-order valence-corrected chi connectivity index (χ2v) is 7.33. The van der Waals surface area contributed by atoms with E-state index in [0.717, 1.165) is 17.3 Å². The summed E-state index contributed by atoms with van der Waals surface area (Å²) in [6.07, 6.45) is 1.92. The van der Waals surface area contributed by atoms with Gasteiger partial charge in [0.1, 0.15) is 5.75 Å². The van der Waals surface area contributed by atoms with Gasteiger partial charge in [0, 0.05) is 22.8 Å². The molecule has 2 aromatic rings. The Morgan fingerprint density at radius 2 is 1.71 bits per heavy atom. The van der Waals surface area contributed by atoms with E-state index in [-0.39, 0.29) is 16.9 Å². The minimum Gasteiger partial charge on any atom is -0.493 e. The van der Waals surface area contributed by atoms with Gasteiger partial charge in [0.25, 0.3) is 5.91 Å². The molecule has 0 spiro atoms. The van der Waals surface area contributed by atoms with Gasteiger partial charge in [0.2, 0.25) is 5.91 Å². The lowest BCUT2D eigenvalue weighted by molar-refractivity contribution is -0.114. The summed E-state index contributed by atoms with van der Waals surface area (Å²) in [5, 5.41) is 8.45. The third kappa shape index (κ3) is 6.94. The molecule has 0 saturated heterocycles. The van der Waals surface area contributed by atoms with E-state index in [2.05, 4.69) is 38.8 Å². The first-order chi connectivity index (χ1) is 13.4. The molecule has 148 valence electrons. The number of amides is 2. The highest BCUT2D eigenvalue weighted by molar-refractivity contribution is 9.10. The second kappa shape index (κ2) is 10.8. The minimum atomic E-state index is -0.361. The smallest absolute Gasteiger partial charge is 0.261 e. The zero-order valence-electron chi connectivity index (χ0n) is 15.7. The summed E-state index contributed by atoms with van der Waals surface area (Å²) >= 11 is 8.61. The first kappa shape index (κ1) is 21.8. The van der Waals surface area contributed by atoms with E-state index in [0.29, 0.717) is 29.3 Å². The second-order valence-electron chi connectivity index (χ2n) is 6.01. The lowest BCUT2D eigenvalue weighted by Crippen LogP contribution is -2.34. The summed E-state index contributed by atoms with van der Waals surface area (Å²) in [5.74, 6) is 0.00579. The molecule has 0 unspecified atom stereocenters. The molecule has 0 aliphatic carbocycles. The third-order valence-electron chi connectivity index (χ3n) is 3.63. The first-order valence-electron chi connectivity index (χ1n) is 8.81. The van der Waals surface area contributed by atoms with Gasteiger partial charge in [-0.15, -0.1) is 0 Å². The van der Waals surface area contributed by atoms with Crippen molar-refractivity contribution in [2.24, 2.45) is 0 Å². The van der Waals surface area contributed by atoms with Crippen molar-refractivity contribution < 1.29 is 14.3 Å². The molecule has 0 aliphatic heterocycles. The average molecular weight is 464 g/mol. The molecule has 0 atom stereocenters. The first-order valence-corrected chi connectivity index (χ1v) is 10.0. The molecule has 2 rings (SSSR count). The van der Waals surface area contributed by atoms with E-state index in [4.69, 9.17) is 17.0 Å². The maximum absolute atomic E-state index is 12.6. The molecule has 0 fully saturated rings. The summed E-state index contributed by atoms with van der Waals surface area (Å²) in [5.41, 5.74) is 1.76. The molecule has 8 heteroatoms. The van der Waals surface area contributed by atoms with Gasteiger partial charge >= 0.3 is 0 Å². The van der Waals surface area contributed by atoms with Crippen molar-refractivity contribution in [2.75, 3.05) is 17.2 Å². The number of unbranched alkanes of at least 4 members (excludes halogenated alkanes) is 1. The van der Waals surface area contributed by atoms with Gasteiger partial charge in [-0.25, -0.2) is 0 Å². The van der Waals surface area contributed by atoms with Crippen LogP contribution in [0.25, 0.3) is 0 Å². The molecule has 3 N–H and O–H groups in total. The molecule has 0 aromatic heterocycles. The largest absolute Gasteiger partial charge is 0.493 e. The summed E-state index contributed by atoms with van der Waals surface area (Å²) in [6, 6.07) is 12.3. The Balaban J connectivity index is 2.01. The number of thiocarbonyl (C=S) groups is 1. The number of rotatable bonds is 7. The van der Waals surface area contributed by atoms with Crippen LogP contribution >= 0.6 is 28.1 Å². The molecule has 0 aliphatic rings. The van der Waals surface area contributed by atoms with Gasteiger partial charge < -0.3 is 15.4 Å². The fraction of sp³-hybridized carbons (Fsp3) is 0.250. The van der Waals surface area contributed by atoms with Gasteiger partial charge in [-0.3, -0.25) is 14.9 Å². The van der Waals surface area contributed by atoms with E-state index < -0.39 is 0 Å². The van der Waals surface area contributed by atoms with Crippen molar-refractivity contribution in [2.45, 2.75) is 26.7 Å². The molecule has 0 bridgehead atoms.